The van der Waals surface area contributed by atoms with Gasteiger partial charge in [0.25, 0.3) is 0 Å². The molecule has 124 valence electrons. The summed E-state index contributed by atoms with van der Waals surface area (Å²) in [6, 6.07) is 7.32. The highest BCUT2D eigenvalue weighted by Gasteiger charge is 2.12. The largest absolute Gasteiger partial charge is 0.307 e. The van der Waals surface area contributed by atoms with Crippen LogP contribution in [0.25, 0.3) is 10.6 Å². The van der Waals surface area contributed by atoms with Crippen LogP contribution in [-0.4, -0.2) is 20.7 Å². The summed E-state index contributed by atoms with van der Waals surface area (Å²) in [4.78, 5) is 23.6. The van der Waals surface area contributed by atoms with Crippen LogP contribution in [0.3, 0.4) is 0 Å². The van der Waals surface area contributed by atoms with Crippen molar-refractivity contribution in [3.63, 3.8) is 0 Å². The minimum atomic E-state index is -0.214. The molecule has 3 rings (SSSR count). The van der Waals surface area contributed by atoms with Crippen molar-refractivity contribution < 1.29 is 4.79 Å². The lowest BCUT2D eigenvalue weighted by atomic mass is 10.2. The van der Waals surface area contributed by atoms with Gasteiger partial charge in [0.1, 0.15) is 0 Å². The Balaban J connectivity index is 1.64. The van der Waals surface area contributed by atoms with E-state index in [1.807, 2.05) is 25.1 Å². The second kappa shape index (κ2) is 7.25. The molecule has 0 fully saturated rings. The highest BCUT2D eigenvalue weighted by atomic mass is 35.5. The Labute approximate surface area is 150 Å². The van der Waals surface area contributed by atoms with Gasteiger partial charge in [0.15, 0.2) is 5.01 Å². The summed E-state index contributed by atoms with van der Waals surface area (Å²) in [6.45, 7) is 2.19. The zero-order valence-electron chi connectivity index (χ0n) is 12.7. The topological polar surface area (TPSA) is 76.9 Å². The van der Waals surface area contributed by atoms with Gasteiger partial charge >= 0.3 is 4.87 Å². The number of aryl methyl sites for hydroxylation is 1. The van der Waals surface area contributed by atoms with E-state index < -0.39 is 0 Å². The van der Waals surface area contributed by atoms with E-state index in [9.17, 15) is 9.59 Å². The predicted molar refractivity (Wildman–Crippen MR) is 96.9 cm³/mol. The van der Waals surface area contributed by atoms with Gasteiger partial charge in [-0.05, 0) is 13.0 Å². The Morgan fingerprint density at radius 1 is 1.33 bits per heavy atom. The van der Waals surface area contributed by atoms with E-state index in [0.717, 1.165) is 22.6 Å². The number of anilines is 1. The Morgan fingerprint density at radius 3 is 2.83 bits per heavy atom. The lowest BCUT2D eigenvalue weighted by Crippen LogP contribution is -2.20. The number of aromatic nitrogens is 3. The maximum atomic E-state index is 12.0. The van der Waals surface area contributed by atoms with E-state index in [4.69, 9.17) is 11.6 Å². The molecule has 6 nitrogen and oxygen atoms in total. The van der Waals surface area contributed by atoms with Gasteiger partial charge in [0.2, 0.25) is 11.0 Å². The van der Waals surface area contributed by atoms with Gasteiger partial charge in [-0.25, -0.2) is 0 Å². The highest BCUT2D eigenvalue weighted by Crippen LogP contribution is 2.31. The zero-order chi connectivity index (χ0) is 17.1. The van der Waals surface area contributed by atoms with E-state index in [2.05, 4.69) is 15.5 Å². The smallest absolute Gasteiger partial charge is 0.303 e. The SMILES string of the molecule is Cc1csc(=O)n1CCC(=O)Nc1nnc(-c2ccccc2Cl)s1. The van der Waals surface area contributed by atoms with E-state index >= 15 is 0 Å². The van der Waals surface area contributed by atoms with E-state index in [-0.39, 0.29) is 17.2 Å². The Morgan fingerprint density at radius 2 is 2.12 bits per heavy atom. The van der Waals surface area contributed by atoms with E-state index in [1.165, 1.54) is 11.3 Å². The van der Waals surface area contributed by atoms with Crippen molar-refractivity contribution >= 4 is 45.3 Å². The van der Waals surface area contributed by atoms with Crippen LogP contribution in [0.5, 0.6) is 0 Å². The van der Waals surface area contributed by atoms with Crippen LogP contribution in [0.15, 0.2) is 34.4 Å². The molecule has 2 heterocycles. The van der Waals surface area contributed by atoms with Crippen LogP contribution in [0.2, 0.25) is 5.02 Å². The number of rotatable bonds is 5. The normalized spacial score (nSPS) is 10.8. The van der Waals surface area contributed by atoms with Crippen molar-refractivity contribution in [1.29, 1.82) is 0 Å². The number of nitrogens with one attached hydrogen (secondary N) is 1. The number of thiazole rings is 1. The molecular weight excluding hydrogens is 368 g/mol. The molecule has 0 atom stereocenters. The summed E-state index contributed by atoms with van der Waals surface area (Å²) < 4.78 is 1.58. The first-order chi connectivity index (χ1) is 11.5. The summed E-state index contributed by atoms with van der Waals surface area (Å²) >= 11 is 8.52. The van der Waals surface area contributed by atoms with Crippen molar-refractivity contribution in [2.45, 2.75) is 19.9 Å². The Kier molecular flexibility index (Phi) is 5.08. The lowest BCUT2D eigenvalue weighted by Gasteiger charge is -2.04. The average molecular weight is 381 g/mol. The van der Waals surface area contributed by atoms with Crippen molar-refractivity contribution in [3.8, 4) is 10.6 Å². The number of carbonyl (C=O) groups is 1. The van der Waals surface area contributed by atoms with E-state index in [1.54, 1.807) is 16.0 Å². The quantitative estimate of drug-likeness (QED) is 0.735. The fourth-order valence-corrected chi connectivity index (χ4v) is 3.93. The van der Waals surface area contributed by atoms with Crippen LogP contribution in [-0.2, 0) is 11.3 Å². The standard InChI is InChI=1S/C15H13ClN4O2S2/c1-9-8-23-15(22)20(9)7-6-12(21)17-14-19-18-13(24-14)10-4-2-3-5-11(10)16/h2-5,8H,6-7H2,1H3,(H,17,19,21). The molecule has 1 amide bonds. The fraction of sp³-hybridized carbons (Fsp3) is 0.200. The Hall–Kier alpha value is -2.03. The van der Waals surface area contributed by atoms with Gasteiger partial charge < -0.3 is 9.88 Å². The molecule has 0 aliphatic rings. The number of hydrogen-bond acceptors (Lipinski definition) is 6. The summed E-state index contributed by atoms with van der Waals surface area (Å²) in [5.74, 6) is -0.214. The summed E-state index contributed by atoms with van der Waals surface area (Å²) in [7, 11) is 0. The number of carbonyl (C=O) groups excluding carboxylic acids is 1. The fourth-order valence-electron chi connectivity index (χ4n) is 2.09. The third kappa shape index (κ3) is 3.72. The predicted octanol–water partition coefficient (Wildman–Crippen LogP) is 3.42. The maximum absolute atomic E-state index is 12.0. The monoisotopic (exact) mass is 380 g/mol. The molecular formula is C15H13ClN4O2S2. The van der Waals surface area contributed by atoms with Crippen LogP contribution >= 0.6 is 34.3 Å². The van der Waals surface area contributed by atoms with Crippen LogP contribution in [0.4, 0.5) is 5.13 Å². The zero-order valence-corrected chi connectivity index (χ0v) is 15.0. The molecule has 24 heavy (non-hydrogen) atoms. The van der Waals surface area contributed by atoms with Crippen molar-refractivity contribution in [3.05, 3.63) is 50.0 Å². The number of nitrogens with zero attached hydrogens (tertiary/aromatic N) is 3. The molecule has 0 unspecified atom stereocenters. The molecule has 0 saturated carbocycles. The maximum Gasteiger partial charge on any atom is 0.307 e. The minimum absolute atomic E-state index is 0.0581. The summed E-state index contributed by atoms with van der Waals surface area (Å²) in [6.07, 6.45) is 0.193. The van der Waals surface area contributed by atoms with Crippen molar-refractivity contribution in [1.82, 2.24) is 14.8 Å². The molecule has 0 aliphatic heterocycles. The van der Waals surface area contributed by atoms with Gasteiger partial charge in [-0.1, -0.05) is 52.5 Å². The number of halogens is 1. The number of benzene rings is 1. The average Bonchev–Trinajstić information content (AvgIpc) is 3.13. The van der Waals surface area contributed by atoms with Crippen LogP contribution in [0, 0.1) is 6.92 Å². The van der Waals surface area contributed by atoms with E-state index in [0.29, 0.717) is 21.7 Å². The minimum Gasteiger partial charge on any atom is -0.303 e. The van der Waals surface area contributed by atoms with Gasteiger partial charge in [0.05, 0.1) is 5.02 Å². The summed E-state index contributed by atoms with van der Waals surface area (Å²) in [5, 5.41) is 14.1. The second-order valence-corrected chi connectivity index (χ2v) is 7.19. The molecule has 2 aromatic heterocycles. The molecule has 0 radical (unpaired) electrons. The third-order valence-electron chi connectivity index (χ3n) is 3.31. The summed E-state index contributed by atoms with van der Waals surface area (Å²) in [5.41, 5.74) is 1.63. The molecule has 1 aromatic carbocycles. The highest BCUT2D eigenvalue weighted by molar-refractivity contribution is 7.18. The lowest BCUT2D eigenvalue weighted by molar-refractivity contribution is -0.116. The molecule has 0 bridgehead atoms. The molecule has 0 aliphatic carbocycles. The van der Waals surface area contributed by atoms with Crippen molar-refractivity contribution in [2.75, 3.05) is 5.32 Å². The number of hydrogen-bond donors (Lipinski definition) is 1. The molecule has 0 saturated heterocycles. The molecule has 9 heteroatoms. The second-order valence-electron chi connectivity index (χ2n) is 4.99. The van der Waals surface area contributed by atoms with Gasteiger partial charge in [-0.2, -0.15) is 0 Å². The third-order valence-corrected chi connectivity index (χ3v) is 5.40. The molecule has 1 N–H and O–H groups in total. The molecule has 0 spiro atoms. The number of amides is 1. The molecule has 3 aromatic rings. The first-order valence-electron chi connectivity index (χ1n) is 7.08. The van der Waals surface area contributed by atoms with Crippen LogP contribution in [0.1, 0.15) is 12.1 Å². The van der Waals surface area contributed by atoms with Crippen LogP contribution < -0.4 is 10.2 Å². The van der Waals surface area contributed by atoms with Gasteiger partial charge in [-0.3, -0.25) is 9.59 Å². The van der Waals surface area contributed by atoms with Gasteiger partial charge in [-0.15, -0.1) is 10.2 Å². The Bertz CT molecular complexity index is 931. The first-order valence-corrected chi connectivity index (χ1v) is 9.15. The van der Waals surface area contributed by atoms with Gasteiger partial charge in [0, 0.05) is 29.6 Å². The first kappa shape index (κ1) is 16.8. The van der Waals surface area contributed by atoms with Crippen molar-refractivity contribution in [2.24, 2.45) is 0 Å².